The van der Waals surface area contributed by atoms with Crippen LogP contribution in [0.4, 0.5) is 0 Å². The Morgan fingerprint density at radius 2 is 1.58 bits per heavy atom. The molecule has 2 saturated carbocycles. The highest BCUT2D eigenvalue weighted by Gasteiger charge is 2.31. The Hall–Kier alpha value is -2.58. The zero-order valence-electron chi connectivity index (χ0n) is 23.5. The summed E-state index contributed by atoms with van der Waals surface area (Å²) < 4.78 is 0. The zero-order chi connectivity index (χ0) is 26.3. The van der Waals surface area contributed by atoms with Gasteiger partial charge in [-0.2, -0.15) is 0 Å². The summed E-state index contributed by atoms with van der Waals surface area (Å²) in [6.45, 7) is 2.32. The van der Waals surface area contributed by atoms with Crippen LogP contribution in [-0.4, -0.2) is 6.04 Å². The van der Waals surface area contributed by atoms with E-state index >= 15 is 0 Å². The van der Waals surface area contributed by atoms with Crippen LogP contribution in [0.5, 0.6) is 0 Å². The molecule has 0 amide bonds. The molecule has 202 valence electrons. The molecule has 1 unspecified atom stereocenters. The van der Waals surface area contributed by atoms with Crippen LogP contribution in [0.25, 0.3) is 17.2 Å². The average Bonchev–Trinajstić information content (AvgIpc) is 2.96. The SMILES string of the molecule is CCCCCC1CCC(C2CCC(c3ccccc3-c3cccc(C=C4C(N)=CC=CC4N)c3)CC2)CC1. The van der Waals surface area contributed by atoms with E-state index in [0.29, 0.717) is 5.92 Å². The molecule has 2 heteroatoms. The van der Waals surface area contributed by atoms with Gasteiger partial charge < -0.3 is 11.5 Å². The molecular weight excluding hydrogens is 460 g/mol. The Balaban J connectivity index is 1.23. The summed E-state index contributed by atoms with van der Waals surface area (Å²) in [4.78, 5) is 0. The highest BCUT2D eigenvalue weighted by molar-refractivity contribution is 5.72. The van der Waals surface area contributed by atoms with Crippen LogP contribution >= 0.6 is 0 Å². The summed E-state index contributed by atoms with van der Waals surface area (Å²) >= 11 is 0. The van der Waals surface area contributed by atoms with Gasteiger partial charge in [0.1, 0.15) is 0 Å². The fourth-order valence-electron chi connectivity index (χ4n) is 7.48. The summed E-state index contributed by atoms with van der Waals surface area (Å²) in [7, 11) is 0. The lowest BCUT2D eigenvalue weighted by Gasteiger charge is -2.38. The lowest BCUT2D eigenvalue weighted by molar-refractivity contribution is 0.155. The highest BCUT2D eigenvalue weighted by Crippen LogP contribution is 2.46. The first-order valence-corrected chi connectivity index (χ1v) is 15.4. The van der Waals surface area contributed by atoms with Crippen LogP contribution in [0, 0.1) is 17.8 Å². The van der Waals surface area contributed by atoms with E-state index in [0.717, 1.165) is 34.6 Å². The molecule has 2 nitrogen and oxygen atoms in total. The molecule has 0 heterocycles. The lowest BCUT2D eigenvalue weighted by atomic mass is 9.67. The van der Waals surface area contributed by atoms with Crippen molar-refractivity contribution in [2.45, 2.75) is 95.9 Å². The number of nitrogens with two attached hydrogens (primary N) is 2. The van der Waals surface area contributed by atoms with Gasteiger partial charge in [0.2, 0.25) is 0 Å². The molecule has 5 rings (SSSR count). The molecule has 3 aliphatic carbocycles. The van der Waals surface area contributed by atoms with Crippen molar-refractivity contribution in [3.05, 3.63) is 89.2 Å². The van der Waals surface area contributed by atoms with Gasteiger partial charge in [0, 0.05) is 5.70 Å². The minimum absolute atomic E-state index is 0.151. The number of hydrogen-bond donors (Lipinski definition) is 2. The largest absolute Gasteiger partial charge is 0.398 e. The van der Waals surface area contributed by atoms with Gasteiger partial charge in [-0.15, -0.1) is 0 Å². The van der Waals surface area contributed by atoms with Gasteiger partial charge in [0.25, 0.3) is 0 Å². The van der Waals surface area contributed by atoms with Gasteiger partial charge >= 0.3 is 0 Å². The third-order valence-electron chi connectivity index (χ3n) is 9.75. The zero-order valence-corrected chi connectivity index (χ0v) is 23.5. The molecule has 1 atom stereocenters. The molecule has 2 fully saturated rings. The first kappa shape index (κ1) is 27.0. The van der Waals surface area contributed by atoms with Gasteiger partial charge in [-0.3, -0.25) is 0 Å². The molecule has 2 aromatic carbocycles. The first-order valence-electron chi connectivity index (χ1n) is 15.4. The summed E-state index contributed by atoms with van der Waals surface area (Å²) in [5.41, 5.74) is 19.7. The van der Waals surface area contributed by atoms with Gasteiger partial charge in [-0.25, -0.2) is 0 Å². The van der Waals surface area contributed by atoms with E-state index in [1.165, 1.54) is 93.7 Å². The summed E-state index contributed by atoms with van der Waals surface area (Å²) in [5, 5.41) is 0. The minimum Gasteiger partial charge on any atom is -0.398 e. The fourth-order valence-corrected chi connectivity index (χ4v) is 7.48. The molecule has 0 saturated heterocycles. The number of hydrogen-bond acceptors (Lipinski definition) is 2. The third-order valence-corrected chi connectivity index (χ3v) is 9.75. The molecule has 0 aromatic heterocycles. The van der Waals surface area contributed by atoms with Crippen LogP contribution in [0.1, 0.15) is 101 Å². The number of allylic oxidation sites excluding steroid dienone is 2. The van der Waals surface area contributed by atoms with Crippen molar-refractivity contribution in [2.24, 2.45) is 29.2 Å². The van der Waals surface area contributed by atoms with Gasteiger partial charge in [0.15, 0.2) is 0 Å². The third kappa shape index (κ3) is 6.52. The van der Waals surface area contributed by atoms with E-state index in [1.54, 1.807) is 0 Å². The number of benzene rings is 2. The van der Waals surface area contributed by atoms with E-state index < -0.39 is 0 Å². The van der Waals surface area contributed by atoms with E-state index in [4.69, 9.17) is 11.5 Å². The second-order valence-electron chi connectivity index (χ2n) is 12.2. The predicted octanol–water partition coefficient (Wildman–Crippen LogP) is 9.14. The van der Waals surface area contributed by atoms with Gasteiger partial charge in [0.05, 0.1) is 6.04 Å². The van der Waals surface area contributed by atoms with E-state index in [1.807, 2.05) is 18.2 Å². The highest BCUT2D eigenvalue weighted by atomic mass is 14.7. The Bertz CT molecular complexity index is 1140. The Kier molecular flexibility index (Phi) is 9.22. The van der Waals surface area contributed by atoms with Gasteiger partial charge in [-0.1, -0.05) is 100 Å². The first-order chi connectivity index (χ1) is 18.6. The van der Waals surface area contributed by atoms with Crippen LogP contribution in [0.3, 0.4) is 0 Å². The molecule has 0 spiro atoms. The summed E-state index contributed by atoms with van der Waals surface area (Å²) in [5.74, 6) is 3.63. The molecule has 0 radical (unpaired) electrons. The van der Waals surface area contributed by atoms with E-state index in [2.05, 4.69) is 61.5 Å². The standard InChI is InChI=1S/C36H48N2/c1-2-3-4-9-26-16-18-28(19-17-26)29-20-22-30(23-21-29)32-12-5-6-13-33(32)31-11-7-10-27(24-31)25-34-35(37)14-8-15-36(34)38/h5-8,10-15,24-26,28-30,35H,2-4,9,16-23,37-38H2,1H3. The molecule has 3 aliphatic rings. The maximum Gasteiger partial charge on any atom is 0.0504 e. The average molecular weight is 509 g/mol. The number of unbranched alkanes of at least 4 members (excludes halogenated alkanes) is 2. The summed E-state index contributed by atoms with van der Waals surface area (Å²) in [6.07, 6.45) is 25.2. The second-order valence-corrected chi connectivity index (χ2v) is 12.2. The van der Waals surface area contributed by atoms with Crippen molar-refractivity contribution < 1.29 is 0 Å². The molecule has 38 heavy (non-hydrogen) atoms. The molecular formula is C36H48N2. The maximum absolute atomic E-state index is 6.31. The van der Waals surface area contributed by atoms with Gasteiger partial charge in [-0.05, 0) is 108 Å². The maximum atomic E-state index is 6.31. The number of rotatable bonds is 8. The van der Waals surface area contributed by atoms with Crippen LogP contribution in [0.15, 0.2) is 78.0 Å². The van der Waals surface area contributed by atoms with Crippen molar-refractivity contribution >= 4 is 6.08 Å². The topological polar surface area (TPSA) is 52.0 Å². The van der Waals surface area contributed by atoms with Crippen molar-refractivity contribution in [3.63, 3.8) is 0 Å². The van der Waals surface area contributed by atoms with E-state index in [9.17, 15) is 0 Å². The lowest BCUT2D eigenvalue weighted by Crippen LogP contribution is -2.25. The predicted molar refractivity (Wildman–Crippen MR) is 164 cm³/mol. The normalized spacial score (nSPS) is 28.8. The van der Waals surface area contributed by atoms with Crippen molar-refractivity contribution in [1.29, 1.82) is 0 Å². The molecule has 0 bridgehead atoms. The second kappa shape index (κ2) is 13.0. The van der Waals surface area contributed by atoms with E-state index in [-0.39, 0.29) is 6.04 Å². The summed E-state index contributed by atoms with van der Waals surface area (Å²) in [6, 6.07) is 17.8. The van der Waals surface area contributed by atoms with Crippen LogP contribution in [0.2, 0.25) is 0 Å². The smallest absolute Gasteiger partial charge is 0.0504 e. The monoisotopic (exact) mass is 508 g/mol. The molecule has 4 N–H and O–H groups in total. The van der Waals surface area contributed by atoms with Crippen molar-refractivity contribution in [3.8, 4) is 11.1 Å². The van der Waals surface area contributed by atoms with Crippen LogP contribution in [-0.2, 0) is 0 Å². The quantitative estimate of drug-likeness (QED) is 0.349. The Morgan fingerprint density at radius 3 is 2.32 bits per heavy atom. The van der Waals surface area contributed by atoms with Crippen molar-refractivity contribution in [2.75, 3.05) is 0 Å². The fraction of sp³-hybridized carbons (Fsp3) is 0.500. The Labute approximate surface area is 231 Å². The Morgan fingerprint density at radius 1 is 0.842 bits per heavy atom. The molecule has 0 aliphatic heterocycles. The van der Waals surface area contributed by atoms with Crippen molar-refractivity contribution in [1.82, 2.24) is 0 Å². The van der Waals surface area contributed by atoms with Crippen LogP contribution < -0.4 is 11.5 Å². The minimum atomic E-state index is -0.151. The molecule has 2 aromatic rings.